The monoisotopic (exact) mass is 318 g/mol. The fourth-order valence-electron chi connectivity index (χ4n) is 2.62. The second-order valence-corrected chi connectivity index (χ2v) is 6.59. The molecule has 0 saturated carbocycles. The second-order valence-electron chi connectivity index (χ2n) is 6.59. The molecule has 0 amide bonds. The van der Waals surface area contributed by atoms with Gasteiger partial charge < -0.3 is 15.3 Å². The van der Waals surface area contributed by atoms with Crippen molar-refractivity contribution in [3.63, 3.8) is 0 Å². The van der Waals surface area contributed by atoms with Crippen molar-refractivity contribution in [2.24, 2.45) is 11.5 Å². The molecule has 0 aromatic heterocycles. The van der Waals surface area contributed by atoms with E-state index in [0.29, 0.717) is 6.42 Å². The van der Waals surface area contributed by atoms with Crippen LogP contribution < -0.4 is 11.5 Å². The molecule has 0 aliphatic carbocycles. The van der Waals surface area contributed by atoms with Gasteiger partial charge in [0.15, 0.2) is 11.4 Å². The third kappa shape index (κ3) is 7.88. The van der Waals surface area contributed by atoms with Crippen molar-refractivity contribution >= 4 is 0 Å². The molecule has 5 heteroatoms. The van der Waals surface area contributed by atoms with Crippen LogP contribution in [0.5, 0.6) is 0 Å². The number of aliphatic hydroxyl groups excluding tert-OH is 1. The summed E-state index contributed by atoms with van der Waals surface area (Å²) in [6.45, 7) is 3.84. The summed E-state index contributed by atoms with van der Waals surface area (Å²) in [5.41, 5.74) is 7.00. The standard InChI is InChI=1S/C17H38N2O3/c1-3-5-6-7-8-9-10-11-12-13-14-15(20)17(19,22)16(18,21)4-2/h15,20-22H,3-14,18-19H2,1-2H3. The van der Waals surface area contributed by atoms with Crippen LogP contribution in [0, 0.1) is 0 Å². The zero-order valence-corrected chi connectivity index (χ0v) is 14.6. The molecule has 0 aromatic rings. The summed E-state index contributed by atoms with van der Waals surface area (Å²) in [7, 11) is 0. The van der Waals surface area contributed by atoms with Crippen molar-refractivity contribution in [2.45, 2.75) is 108 Å². The van der Waals surface area contributed by atoms with E-state index in [4.69, 9.17) is 11.5 Å². The number of unbranched alkanes of at least 4 members (excludes halogenated alkanes) is 9. The summed E-state index contributed by atoms with van der Waals surface area (Å²) in [6.07, 6.45) is 11.2. The van der Waals surface area contributed by atoms with E-state index in [1.807, 2.05) is 0 Å². The van der Waals surface area contributed by atoms with Crippen LogP contribution in [0.4, 0.5) is 0 Å². The normalized spacial score (nSPS) is 18.7. The lowest BCUT2D eigenvalue weighted by atomic mass is 9.89. The van der Waals surface area contributed by atoms with E-state index in [1.54, 1.807) is 6.92 Å². The van der Waals surface area contributed by atoms with Crippen LogP contribution in [0.25, 0.3) is 0 Å². The van der Waals surface area contributed by atoms with Crippen LogP contribution in [-0.2, 0) is 0 Å². The average Bonchev–Trinajstić information content (AvgIpc) is 2.48. The zero-order chi connectivity index (χ0) is 17.1. The van der Waals surface area contributed by atoms with Crippen LogP contribution >= 0.6 is 0 Å². The first-order chi connectivity index (χ1) is 10.3. The number of nitrogens with two attached hydrogens (primary N) is 2. The molecule has 0 fully saturated rings. The van der Waals surface area contributed by atoms with Crippen LogP contribution in [0.3, 0.4) is 0 Å². The quantitative estimate of drug-likeness (QED) is 0.249. The van der Waals surface area contributed by atoms with Crippen molar-refractivity contribution in [1.29, 1.82) is 0 Å². The van der Waals surface area contributed by atoms with Crippen LogP contribution in [-0.4, -0.2) is 32.9 Å². The first kappa shape index (κ1) is 21.8. The van der Waals surface area contributed by atoms with Crippen molar-refractivity contribution in [2.75, 3.05) is 0 Å². The molecule has 0 rings (SSSR count). The Morgan fingerprint density at radius 3 is 1.59 bits per heavy atom. The molecule has 0 aliphatic rings. The van der Waals surface area contributed by atoms with Gasteiger partial charge in [-0.25, -0.2) is 0 Å². The highest BCUT2D eigenvalue weighted by molar-refractivity contribution is 4.95. The Hall–Kier alpha value is -0.200. The van der Waals surface area contributed by atoms with E-state index in [0.717, 1.165) is 19.3 Å². The lowest BCUT2D eigenvalue weighted by Gasteiger charge is -2.40. The van der Waals surface area contributed by atoms with Gasteiger partial charge in [-0.05, 0) is 12.8 Å². The zero-order valence-electron chi connectivity index (χ0n) is 14.6. The van der Waals surface area contributed by atoms with Gasteiger partial charge in [0.05, 0.1) is 0 Å². The van der Waals surface area contributed by atoms with Gasteiger partial charge in [0.25, 0.3) is 0 Å². The van der Waals surface area contributed by atoms with E-state index in [1.165, 1.54) is 44.9 Å². The van der Waals surface area contributed by atoms with E-state index in [2.05, 4.69) is 6.92 Å². The number of aliphatic hydroxyl groups is 3. The van der Waals surface area contributed by atoms with Gasteiger partial charge in [-0.1, -0.05) is 78.1 Å². The summed E-state index contributed by atoms with van der Waals surface area (Å²) in [4.78, 5) is 0. The van der Waals surface area contributed by atoms with E-state index < -0.39 is 17.6 Å². The lowest BCUT2D eigenvalue weighted by molar-refractivity contribution is -0.200. The summed E-state index contributed by atoms with van der Waals surface area (Å²) in [6, 6.07) is 0. The molecule has 0 spiro atoms. The first-order valence-corrected chi connectivity index (χ1v) is 9.00. The molecule has 22 heavy (non-hydrogen) atoms. The number of hydrogen-bond donors (Lipinski definition) is 5. The Balaban J connectivity index is 3.67. The predicted octanol–water partition coefficient (Wildman–Crippen LogP) is 2.36. The Morgan fingerprint density at radius 1 is 0.773 bits per heavy atom. The van der Waals surface area contributed by atoms with Gasteiger partial charge in [-0.15, -0.1) is 0 Å². The van der Waals surface area contributed by atoms with E-state index in [-0.39, 0.29) is 6.42 Å². The summed E-state index contributed by atoms with van der Waals surface area (Å²) >= 11 is 0. The van der Waals surface area contributed by atoms with Gasteiger partial charge in [-0.3, -0.25) is 11.5 Å². The molecular weight excluding hydrogens is 280 g/mol. The van der Waals surface area contributed by atoms with Gasteiger partial charge in [-0.2, -0.15) is 0 Å². The van der Waals surface area contributed by atoms with Crippen molar-refractivity contribution in [1.82, 2.24) is 0 Å². The molecule has 0 radical (unpaired) electrons. The fourth-order valence-corrected chi connectivity index (χ4v) is 2.62. The lowest BCUT2D eigenvalue weighted by Crippen LogP contribution is -2.71. The fraction of sp³-hybridized carbons (Fsp3) is 1.00. The summed E-state index contributed by atoms with van der Waals surface area (Å²) in [5.74, 6) is 0. The van der Waals surface area contributed by atoms with Crippen LogP contribution in [0.1, 0.15) is 90.9 Å². The average molecular weight is 319 g/mol. The number of rotatable bonds is 14. The minimum absolute atomic E-state index is 0.0785. The largest absolute Gasteiger partial charge is 0.389 e. The minimum Gasteiger partial charge on any atom is -0.389 e. The van der Waals surface area contributed by atoms with Gasteiger partial charge >= 0.3 is 0 Å². The smallest absolute Gasteiger partial charge is 0.182 e. The molecule has 7 N–H and O–H groups in total. The van der Waals surface area contributed by atoms with Gasteiger partial charge in [0, 0.05) is 0 Å². The summed E-state index contributed by atoms with van der Waals surface area (Å²) in [5, 5.41) is 29.8. The third-order valence-electron chi connectivity index (χ3n) is 4.57. The molecule has 3 atom stereocenters. The maximum atomic E-state index is 10.0. The topological polar surface area (TPSA) is 113 Å². The molecule has 0 saturated heterocycles. The SMILES string of the molecule is CCCCCCCCCCCCC(O)C(N)(O)C(N)(O)CC. The molecule has 0 bridgehead atoms. The third-order valence-corrected chi connectivity index (χ3v) is 4.57. The molecule has 3 unspecified atom stereocenters. The highest BCUT2D eigenvalue weighted by Crippen LogP contribution is 2.23. The minimum atomic E-state index is -2.17. The highest BCUT2D eigenvalue weighted by atomic mass is 16.4. The predicted molar refractivity (Wildman–Crippen MR) is 91.0 cm³/mol. The first-order valence-electron chi connectivity index (χ1n) is 9.00. The molecule has 134 valence electrons. The highest BCUT2D eigenvalue weighted by Gasteiger charge is 2.47. The Morgan fingerprint density at radius 2 is 1.18 bits per heavy atom. The molecule has 5 nitrogen and oxygen atoms in total. The maximum absolute atomic E-state index is 10.0. The second kappa shape index (κ2) is 11.4. The van der Waals surface area contributed by atoms with E-state index >= 15 is 0 Å². The Bertz CT molecular complexity index is 271. The number of hydrogen-bond acceptors (Lipinski definition) is 5. The van der Waals surface area contributed by atoms with Gasteiger partial charge in [0.1, 0.15) is 6.10 Å². The molecule has 0 aliphatic heterocycles. The Kier molecular flexibility index (Phi) is 11.3. The van der Waals surface area contributed by atoms with Crippen LogP contribution in [0.15, 0.2) is 0 Å². The van der Waals surface area contributed by atoms with Gasteiger partial charge in [0.2, 0.25) is 0 Å². The molecular formula is C17H38N2O3. The summed E-state index contributed by atoms with van der Waals surface area (Å²) < 4.78 is 0. The molecule has 0 aromatic carbocycles. The molecule has 0 heterocycles. The maximum Gasteiger partial charge on any atom is 0.182 e. The Labute approximate surface area is 136 Å². The van der Waals surface area contributed by atoms with Crippen molar-refractivity contribution in [3.8, 4) is 0 Å². The van der Waals surface area contributed by atoms with E-state index in [9.17, 15) is 15.3 Å². The van der Waals surface area contributed by atoms with Crippen molar-refractivity contribution < 1.29 is 15.3 Å². The van der Waals surface area contributed by atoms with Crippen molar-refractivity contribution in [3.05, 3.63) is 0 Å². The van der Waals surface area contributed by atoms with Crippen LogP contribution in [0.2, 0.25) is 0 Å².